The molecule has 5 heteroatoms. The van der Waals surface area contributed by atoms with Gasteiger partial charge in [0.1, 0.15) is 0 Å². The third-order valence-corrected chi connectivity index (χ3v) is 12.4. The Hall–Kier alpha value is -0.279. The maximum atomic E-state index is 2.58. The van der Waals surface area contributed by atoms with Crippen LogP contribution in [0.1, 0.15) is 43.0 Å². The second-order valence-electron chi connectivity index (χ2n) is 8.68. The first-order chi connectivity index (χ1) is 12.6. The summed E-state index contributed by atoms with van der Waals surface area (Å²) >= 11 is 2.33. The van der Waals surface area contributed by atoms with Crippen LogP contribution in [0, 0.1) is 33.6 Å². The van der Waals surface area contributed by atoms with E-state index in [-0.39, 0.29) is 37.2 Å². The first kappa shape index (κ1) is 29.7. The molecule has 1 atom stereocenters. The summed E-state index contributed by atoms with van der Waals surface area (Å²) in [5.41, 5.74) is 8.53. The van der Waals surface area contributed by atoms with Crippen molar-refractivity contribution in [3.8, 4) is 0 Å². The molecular weight excluding hydrogens is 483 g/mol. The average molecular weight is 514 g/mol. The zero-order valence-electron chi connectivity index (χ0n) is 19.2. The van der Waals surface area contributed by atoms with Gasteiger partial charge in [-0.15, -0.1) is 0 Å². The van der Waals surface area contributed by atoms with Gasteiger partial charge in [-0.25, -0.2) is 0 Å². The summed E-state index contributed by atoms with van der Waals surface area (Å²) in [5, 5.41) is 4.80. The Labute approximate surface area is 214 Å². The Kier molecular flexibility index (Phi) is 10.9. The summed E-state index contributed by atoms with van der Waals surface area (Å²) in [6.45, 7) is 18.6. The Balaban J connectivity index is 0.00000280. The summed E-state index contributed by atoms with van der Waals surface area (Å²) in [7, 11) is -2.07. The first-order valence-electron chi connectivity index (χ1n) is 9.87. The monoisotopic (exact) mass is 512 g/mol. The molecule has 2 aromatic rings. The van der Waals surface area contributed by atoms with Gasteiger partial charge in [-0.2, -0.15) is 0 Å². The normalized spacial score (nSPS) is 16.1. The van der Waals surface area contributed by atoms with Crippen molar-refractivity contribution >= 4 is 18.4 Å². The zero-order chi connectivity index (χ0) is 20.1. The van der Waals surface area contributed by atoms with E-state index < -0.39 is 8.07 Å². The Morgan fingerprint density at radius 3 is 1.23 bits per heavy atom. The number of allylic oxidation sites excluding steroid dienone is 4. The van der Waals surface area contributed by atoms with Gasteiger partial charge in [-0.1, -0.05) is 0 Å². The molecule has 0 fully saturated rings. The molecule has 0 aromatic heterocycles. The van der Waals surface area contributed by atoms with E-state index in [2.05, 4.69) is 112 Å². The summed E-state index contributed by atoms with van der Waals surface area (Å²) in [5.74, 6) is 0.531. The largest absolute Gasteiger partial charge is 1.00 e. The molecule has 0 amide bonds. The van der Waals surface area contributed by atoms with Crippen molar-refractivity contribution < 1.29 is 57.7 Å². The molecule has 0 saturated heterocycles. The number of rotatable bonds is 3. The van der Waals surface area contributed by atoms with E-state index in [0.717, 1.165) is 0 Å². The van der Waals surface area contributed by atoms with E-state index in [1.807, 2.05) is 0 Å². The van der Waals surface area contributed by atoms with E-state index in [4.69, 9.17) is 0 Å². The average Bonchev–Trinajstić information content (AvgIpc) is 2.76. The van der Waals surface area contributed by atoms with Gasteiger partial charge in [-0.3, -0.25) is 0 Å². The van der Waals surface area contributed by atoms with Gasteiger partial charge in [-0.05, 0) is 0 Å². The number of hydrogen-bond acceptors (Lipinski definition) is 0. The van der Waals surface area contributed by atoms with Crippen LogP contribution in [-0.2, 0) is 20.4 Å². The fraction of sp³-hybridized carbons (Fsp3) is 0.360. The molecule has 0 radical (unpaired) electrons. The Morgan fingerprint density at radius 2 is 0.967 bits per heavy atom. The predicted octanol–water partition coefficient (Wildman–Crippen LogP) is -3.55. The Morgan fingerprint density at radius 1 is 0.633 bits per heavy atom. The molecule has 0 saturated carbocycles. The second-order valence-corrected chi connectivity index (χ2v) is 13.5. The quantitative estimate of drug-likeness (QED) is 0.373. The molecule has 0 heterocycles. The van der Waals surface area contributed by atoms with Crippen molar-refractivity contribution in [1.82, 2.24) is 0 Å². The molecule has 0 bridgehead atoms. The zero-order valence-corrected chi connectivity index (χ0v) is 24.0. The third-order valence-electron chi connectivity index (χ3n) is 6.37. The molecule has 0 N–H and O–H groups in total. The van der Waals surface area contributed by atoms with Gasteiger partial charge in [0.15, 0.2) is 0 Å². The first-order valence-corrected chi connectivity index (χ1v) is 13.1. The number of hydrogen-bond donors (Lipinski definition) is 0. The van der Waals surface area contributed by atoms with Crippen LogP contribution in [0.3, 0.4) is 0 Å². The van der Waals surface area contributed by atoms with Gasteiger partial charge in [0, 0.05) is 0 Å². The molecule has 30 heavy (non-hydrogen) atoms. The summed E-state index contributed by atoms with van der Waals surface area (Å²) in [6, 6.07) is 14.4. The molecule has 3 rings (SSSR count). The van der Waals surface area contributed by atoms with Gasteiger partial charge in [0.05, 0.1) is 0 Å². The van der Waals surface area contributed by atoms with Crippen LogP contribution in [0.5, 0.6) is 0 Å². The van der Waals surface area contributed by atoms with Crippen LogP contribution in [0.2, 0.25) is 6.55 Å². The van der Waals surface area contributed by atoms with Crippen LogP contribution in [0.25, 0.3) is 0 Å². The molecular formula is C25H31Cl3SiTi. The summed E-state index contributed by atoms with van der Waals surface area (Å²) in [4.78, 5) is 0. The van der Waals surface area contributed by atoms with E-state index in [1.165, 1.54) is 33.4 Å². The van der Waals surface area contributed by atoms with Crippen LogP contribution in [0.4, 0.5) is 0 Å². The minimum absolute atomic E-state index is 0. The van der Waals surface area contributed by atoms with E-state index in [0.29, 0.717) is 5.92 Å². The van der Waals surface area contributed by atoms with Gasteiger partial charge < -0.3 is 37.2 Å². The molecule has 1 aliphatic carbocycles. The molecule has 0 spiro atoms. The number of halogens is 3. The van der Waals surface area contributed by atoms with Crippen LogP contribution >= 0.6 is 0 Å². The van der Waals surface area contributed by atoms with Crippen LogP contribution in [0.15, 0.2) is 56.6 Å². The Bertz CT molecular complexity index is 900. The minimum atomic E-state index is -2.07. The molecule has 2 aromatic carbocycles. The van der Waals surface area contributed by atoms with Crippen molar-refractivity contribution in [3.05, 3.63) is 78.9 Å². The SMILES string of the molecule is CC1=[C]([Ti+3])C(C)C([Si](C)(c2cc(C)cc(C)c2)c2cc(C)cc(C)c2)=C1C.[Cl-].[Cl-].[Cl-]. The molecule has 1 unspecified atom stereocenters. The van der Waals surface area contributed by atoms with Crippen molar-refractivity contribution in [2.75, 3.05) is 0 Å². The standard InChI is InChI=1S/C25H31Si.3ClH.Ti/c1-16-9-17(2)12-23(11-16)26(8,24-13-18(3)10-19(4)14-24)25-21(6)15-20(5)22(25)7;;;;/h9-14,21H,1-8H3;3*1H;/q;;;;+3/p-3. The minimum Gasteiger partial charge on any atom is -1.00 e. The van der Waals surface area contributed by atoms with Gasteiger partial charge >= 0.3 is 179 Å². The van der Waals surface area contributed by atoms with Crippen molar-refractivity contribution in [2.24, 2.45) is 5.92 Å². The van der Waals surface area contributed by atoms with E-state index >= 15 is 0 Å². The van der Waals surface area contributed by atoms with Gasteiger partial charge in [0.25, 0.3) is 0 Å². The summed E-state index contributed by atoms with van der Waals surface area (Å²) < 4.78 is 1.55. The topological polar surface area (TPSA) is 0 Å². The van der Waals surface area contributed by atoms with Crippen molar-refractivity contribution in [3.63, 3.8) is 0 Å². The molecule has 1 aliphatic rings. The van der Waals surface area contributed by atoms with Crippen molar-refractivity contribution in [2.45, 2.75) is 55.0 Å². The fourth-order valence-electron chi connectivity index (χ4n) is 5.01. The predicted molar refractivity (Wildman–Crippen MR) is 117 cm³/mol. The molecule has 160 valence electrons. The van der Waals surface area contributed by atoms with Crippen molar-refractivity contribution in [1.29, 1.82) is 0 Å². The number of benzene rings is 2. The maximum absolute atomic E-state index is 2.58. The fourth-order valence-corrected chi connectivity index (χ4v) is 10.7. The number of aryl methyl sites for hydroxylation is 4. The third kappa shape index (κ3) is 5.20. The van der Waals surface area contributed by atoms with E-state index in [1.54, 1.807) is 19.4 Å². The smallest absolute Gasteiger partial charge is 1.00 e. The maximum Gasteiger partial charge on any atom is -1.00 e. The van der Waals surface area contributed by atoms with Crippen LogP contribution in [-0.4, -0.2) is 8.07 Å². The second kappa shape index (κ2) is 11.0. The molecule has 0 nitrogen and oxygen atoms in total. The summed E-state index contributed by atoms with van der Waals surface area (Å²) in [6.07, 6.45) is 0. The van der Waals surface area contributed by atoms with Gasteiger partial charge in [0.2, 0.25) is 0 Å². The van der Waals surface area contributed by atoms with E-state index in [9.17, 15) is 0 Å². The van der Waals surface area contributed by atoms with Crippen LogP contribution < -0.4 is 47.6 Å². The molecule has 0 aliphatic heterocycles.